The van der Waals surface area contributed by atoms with Crippen molar-refractivity contribution in [3.8, 4) is 11.5 Å². The van der Waals surface area contributed by atoms with Crippen molar-refractivity contribution in [2.24, 2.45) is 0 Å². The number of hydrogen-bond donors (Lipinski definition) is 2. The Kier molecular flexibility index (Phi) is 4.27. The van der Waals surface area contributed by atoms with Gasteiger partial charge in [0.15, 0.2) is 0 Å². The minimum Gasteiger partial charge on any atom is -0.508 e. The molecule has 146 valence electrons. The number of aromatic hydroxyl groups is 1. The van der Waals surface area contributed by atoms with E-state index in [2.05, 4.69) is 10.2 Å². The molecule has 29 heavy (non-hydrogen) atoms. The molecule has 0 saturated heterocycles. The van der Waals surface area contributed by atoms with Gasteiger partial charge in [-0.3, -0.25) is 14.4 Å². The van der Waals surface area contributed by atoms with E-state index in [4.69, 9.17) is 0 Å². The summed E-state index contributed by atoms with van der Waals surface area (Å²) < 4.78 is 0.977. The lowest BCUT2D eigenvalue weighted by molar-refractivity contribution is -0.711. The van der Waals surface area contributed by atoms with Crippen LogP contribution in [0.4, 0.5) is 5.82 Å². The highest BCUT2D eigenvalue weighted by molar-refractivity contribution is 5.88. The highest BCUT2D eigenvalue weighted by Gasteiger charge is 2.42. The van der Waals surface area contributed by atoms with Crippen molar-refractivity contribution in [3.63, 3.8) is 0 Å². The first-order valence-corrected chi connectivity index (χ1v) is 8.65. The highest BCUT2D eigenvalue weighted by Crippen LogP contribution is 2.40. The third-order valence-corrected chi connectivity index (χ3v) is 4.82. The molecule has 0 spiro atoms. The number of pyridine rings is 1. The van der Waals surface area contributed by atoms with Gasteiger partial charge in [-0.05, 0) is 23.3 Å². The van der Waals surface area contributed by atoms with Crippen molar-refractivity contribution in [1.82, 2.24) is 4.57 Å². The van der Waals surface area contributed by atoms with Crippen LogP contribution in [0.2, 0.25) is 0 Å². The Bertz CT molecular complexity index is 1160. The van der Waals surface area contributed by atoms with Crippen LogP contribution < -0.4 is 15.7 Å². The van der Waals surface area contributed by atoms with Gasteiger partial charge >= 0.3 is 0 Å². The van der Waals surface area contributed by atoms with Gasteiger partial charge in [-0.1, -0.05) is 42.5 Å². The van der Waals surface area contributed by atoms with Gasteiger partial charge in [0.2, 0.25) is 5.91 Å². The van der Waals surface area contributed by atoms with Crippen LogP contribution in [0.15, 0.2) is 71.5 Å². The van der Waals surface area contributed by atoms with E-state index in [9.17, 15) is 24.8 Å². The van der Waals surface area contributed by atoms with Gasteiger partial charge in [-0.15, -0.1) is 10.1 Å². The Morgan fingerprint density at radius 3 is 2.34 bits per heavy atom. The summed E-state index contributed by atoms with van der Waals surface area (Å²) in [4.78, 5) is 40.1. The van der Waals surface area contributed by atoms with Crippen LogP contribution in [0.5, 0.6) is 11.5 Å². The van der Waals surface area contributed by atoms with Crippen molar-refractivity contribution in [2.75, 3.05) is 5.32 Å². The molecule has 1 aromatic heterocycles. The zero-order valence-corrected chi connectivity index (χ0v) is 14.9. The Balaban J connectivity index is 1.89. The summed E-state index contributed by atoms with van der Waals surface area (Å²) in [5.41, 5.74) is -0.298. The SMILES string of the molecule is O=C1CC(c2ccccc2)(c2ccc(O[N+](=O)[O-])cc2)Nc2cc(O)cc(=O)n21. The Labute approximate surface area is 163 Å². The van der Waals surface area contributed by atoms with E-state index in [1.807, 2.05) is 30.3 Å². The lowest BCUT2D eigenvalue weighted by Gasteiger charge is -2.40. The van der Waals surface area contributed by atoms with Crippen LogP contribution in [0, 0.1) is 10.1 Å². The zero-order valence-electron chi connectivity index (χ0n) is 14.9. The van der Waals surface area contributed by atoms with Crippen molar-refractivity contribution in [2.45, 2.75) is 12.0 Å². The van der Waals surface area contributed by atoms with Crippen LogP contribution >= 0.6 is 0 Å². The van der Waals surface area contributed by atoms with Crippen LogP contribution in [0.25, 0.3) is 0 Å². The summed E-state index contributed by atoms with van der Waals surface area (Å²) in [5.74, 6) is -0.516. The Hall–Kier alpha value is -4.14. The smallest absolute Gasteiger partial charge is 0.299 e. The third kappa shape index (κ3) is 3.18. The molecule has 0 saturated carbocycles. The van der Waals surface area contributed by atoms with Crippen molar-refractivity contribution in [3.05, 3.63) is 98.3 Å². The largest absolute Gasteiger partial charge is 0.508 e. The highest BCUT2D eigenvalue weighted by atomic mass is 17.0. The minimum atomic E-state index is -1.05. The number of aromatic nitrogens is 1. The normalized spacial score (nSPS) is 17.9. The maximum absolute atomic E-state index is 12.9. The fourth-order valence-electron chi connectivity index (χ4n) is 3.60. The van der Waals surface area contributed by atoms with Crippen molar-refractivity contribution in [1.29, 1.82) is 0 Å². The van der Waals surface area contributed by atoms with Gasteiger partial charge in [0.25, 0.3) is 10.6 Å². The van der Waals surface area contributed by atoms with Gasteiger partial charge in [-0.25, -0.2) is 4.57 Å². The summed E-state index contributed by atoms with van der Waals surface area (Å²) in [6.45, 7) is 0. The molecule has 1 aliphatic rings. The molecular weight excluding hydrogens is 378 g/mol. The molecule has 0 amide bonds. The Morgan fingerprint density at radius 2 is 1.69 bits per heavy atom. The van der Waals surface area contributed by atoms with E-state index in [0.29, 0.717) is 5.56 Å². The molecule has 1 atom stereocenters. The molecule has 3 aromatic rings. The van der Waals surface area contributed by atoms with Gasteiger partial charge in [-0.2, -0.15) is 0 Å². The second kappa shape index (κ2) is 6.79. The molecule has 0 fully saturated rings. The first kappa shape index (κ1) is 18.2. The maximum Gasteiger partial charge on any atom is 0.299 e. The molecule has 2 N–H and O–H groups in total. The second-order valence-corrected chi connectivity index (χ2v) is 6.58. The predicted octanol–water partition coefficient (Wildman–Crippen LogP) is 2.52. The van der Waals surface area contributed by atoms with Gasteiger partial charge in [0.1, 0.15) is 17.3 Å². The summed E-state index contributed by atoms with van der Waals surface area (Å²) in [7, 11) is 0. The Morgan fingerprint density at radius 1 is 1.03 bits per heavy atom. The van der Waals surface area contributed by atoms with Gasteiger partial charge in [0, 0.05) is 12.1 Å². The van der Waals surface area contributed by atoms with Crippen LogP contribution in [0.3, 0.4) is 0 Å². The van der Waals surface area contributed by atoms with Crippen LogP contribution in [-0.2, 0) is 5.54 Å². The second-order valence-electron chi connectivity index (χ2n) is 6.58. The van der Waals surface area contributed by atoms with E-state index in [1.165, 1.54) is 18.2 Å². The summed E-state index contributed by atoms with van der Waals surface area (Å²) in [5, 5.41) is 22.7. The van der Waals surface area contributed by atoms with E-state index in [-0.39, 0.29) is 23.7 Å². The number of carbonyl (C=O) groups excluding carboxylic acids is 1. The molecule has 0 bridgehead atoms. The lowest BCUT2D eigenvalue weighted by atomic mass is 9.78. The molecular formula is C20H15N3O6. The summed E-state index contributed by atoms with van der Waals surface area (Å²) >= 11 is 0. The maximum atomic E-state index is 12.9. The number of nitrogens with one attached hydrogen (secondary N) is 1. The van der Waals surface area contributed by atoms with Crippen LogP contribution in [-0.4, -0.2) is 20.7 Å². The molecule has 0 radical (unpaired) electrons. The van der Waals surface area contributed by atoms with E-state index in [0.717, 1.165) is 16.2 Å². The number of benzene rings is 2. The number of anilines is 1. The first-order chi connectivity index (χ1) is 13.9. The molecule has 1 unspecified atom stereocenters. The van der Waals surface area contributed by atoms with Crippen LogP contribution in [0.1, 0.15) is 22.3 Å². The summed E-state index contributed by atoms with van der Waals surface area (Å²) in [6, 6.07) is 17.5. The molecule has 0 aliphatic carbocycles. The standard InChI is InChI=1S/C20H15N3O6/c24-15-10-17-21-20(13-4-2-1-3-5-13,12-19(26)22(17)18(25)11-15)14-6-8-16(9-7-14)29-23(27)28/h1-11,21,24H,12H2. The monoisotopic (exact) mass is 393 g/mol. The van der Waals surface area contributed by atoms with Gasteiger partial charge in [0.05, 0.1) is 12.0 Å². The molecule has 2 aromatic carbocycles. The number of rotatable bonds is 4. The molecule has 9 heteroatoms. The molecule has 9 nitrogen and oxygen atoms in total. The zero-order chi connectivity index (χ0) is 20.6. The lowest BCUT2D eigenvalue weighted by Crippen LogP contribution is -2.47. The van der Waals surface area contributed by atoms with Gasteiger partial charge < -0.3 is 10.4 Å². The first-order valence-electron chi connectivity index (χ1n) is 8.65. The fourth-order valence-corrected chi connectivity index (χ4v) is 3.60. The third-order valence-electron chi connectivity index (χ3n) is 4.82. The van der Waals surface area contributed by atoms with Crippen molar-refractivity contribution >= 4 is 11.7 Å². The quantitative estimate of drug-likeness (QED) is 0.516. The summed E-state index contributed by atoms with van der Waals surface area (Å²) in [6.07, 6.45) is -0.0792. The topological polar surface area (TPSA) is 124 Å². The molecule has 2 heterocycles. The average Bonchev–Trinajstić information content (AvgIpc) is 2.67. The average molecular weight is 393 g/mol. The van der Waals surface area contributed by atoms with E-state index >= 15 is 0 Å². The van der Waals surface area contributed by atoms with E-state index in [1.54, 1.807) is 12.1 Å². The minimum absolute atomic E-state index is 0.0401. The number of nitrogens with zero attached hydrogens (tertiary/aromatic N) is 2. The van der Waals surface area contributed by atoms with E-state index < -0.39 is 22.1 Å². The number of hydrogen-bond acceptors (Lipinski definition) is 7. The van der Waals surface area contributed by atoms with Crippen molar-refractivity contribution < 1.29 is 19.8 Å². The number of carbonyl (C=O) groups is 1. The fraction of sp³-hybridized carbons (Fsp3) is 0.100. The predicted molar refractivity (Wildman–Crippen MR) is 103 cm³/mol. The number of fused-ring (bicyclic) bond motifs is 1. The molecule has 1 aliphatic heterocycles. The molecule has 4 rings (SSSR count).